The van der Waals surface area contributed by atoms with Crippen molar-refractivity contribution >= 4 is 5.97 Å². The molecular weight excluding hydrogens is 176 g/mol. The summed E-state index contributed by atoms with van der Waals surface area (Å²) in [6, 6.07) is 0. The summed E-state index contributed by atoms with van der Waals surface area (Å²) < 4.78 is 4.52. The molecule has 0 aromatic carbocycles. The van der Waals surface area contributed by atoms with Crippen LogP contribution >= 0.6 is 0 Å². The van der Waals surface area contributed by atoms with Crippen LogP contribution in [0.2, 0.25) is 0 Å². The summed E-state index contributed by atoms with van der Waals surface area (Å²) in [6.07, 6.45) is 13.0. The first-order valence-corrected chi connectivity index (χ1v) is 5.19. The van der Waals surface area contributed by atoms with Gasteiger partial charge in [-0.3, -0.25) is 4.79 Å². The Morgan fingerprint density at radius 2 is 1.86 bits per heavy atom. The molecule has 0 atom stereocenters. The topological polar surface area (TPSA) is 26.3 Å². The van der Waals surface area contributed by atoms with Crippen molar-refractivity contribution in [2.24, 2.45) is 0 Å². The van der Waals surface area contributed by atoms with Crippen molar-refractivity contribution in [3.63, 3.8) is 0 Å². The quantitative estimate of drug-likeness (QED) is 0.355. The minimum Gasteiger partial charge on any atom is -0.469 e. The van der Waals surface area contributed by atoms with Gasteiger partial charge in [0.25, 0.3) is 0 Å². The van der Waals surface area contributed by atoms with Crippen molar-refractivity contribution in [1.29, 1.82) is 0 Å². The van der Waals surface area contributed by atoms with Crippen LogP contribution in [0.15, 0.2) is 24.3 Å². The lowest BCUT2D eigenvalue weighted by Crippen LogP contribution is -1.97. The number of hydrogen-bond donors (Lipinski definition) is 0. The summed E-state index contributed by atoms with van der Waals surface area (Å²) in [5, 5.41) is 0. The molecule has 14 heavy (non-hydrogen) atoms. The number of carbonyl (C=O) groups excluding carboxylic acids is 1. The van der Waals surface area contributed by atoms with Crippen molar-refractivity contribution in [2.75, 3.05) is 7.11 Å². The Morgan fingerprint density at radius 1 is 1.21 bits per heavy atom. The Balaban J connectivity index is 3.35. The zero-order chi connectivity index (χ0) is 10.6. The first-order valence-electron chi connectivity index (χ1n) is 5.19. The van der Waals surface area contributed by atoms with Gasteiger partial charge in [-0.25, -0.2) is 0 Å². The van der Waals surface area contributed by atoms with Gasteiger partial charge in [0.05, 0.1) is 7.11 Å². The molecule has 0 saturated heterocycles. The molecule has 0 saturated carbocycles. The van der Waals surface area contributed by atoms with Gasteiger partial charge in [0, 0.05) is 6.42 Å². The van der Waals surface area contributed by atoms with Crippen LogP contribution in [0.3, 0.4) is 0 Å². The van der Waals surface area contributed by atoms with E-state index in [0.29, 0.717) is 6.42 Å². The van der Waals surface area contributed by atoms with Gasteiger partial charge < -0.3 is 4.74 Å². The molecular formula is C12H20O2. The zero-order valence-electron chi connectivity index (χ0n) is 9.16. The van der Waals surface area contributed by atoms with E-state index in [4.69, 9.17) is 0 Å². The van der Waals surface area contributed by atoms with Gasteiger partial charge in [-0.2, -0.15) is 0 Å². The number of allylic oxidation sites excluding steroid dienone is 4. The Bertz CT molecular complexity index is 192. The predicted molar refractivity (Wildman–Crippen MR) is 59.1 cm³/mol. The monoisotopic (exact) mass is 196 g/mol. The van der Waals surface area contributed by atoms with Crippen LogP contribution in [-0.4, -0.2) is 13.1 Å². The van der Waals surface area contributed by atoms with Crippen molar-refractivity contribution in [1.82, 2.24) is 0 Å². The summed E-state index contributed by atoms with van der Waals surface area (Å²) in [7, 11) is 1.41. The summed E-state index contributed by atoms with van der Waals surface area (Å²) >= 11 is 0. The van der Waals surface area contributed by atoms with E-state index in [-0.39, 0.29) is 5.97 Å². The average Bonchev–Trinajstić information content (AvgIpc) is 2.21. The molecule has 0 aliphatic carbocycles. The van der Waals surface area contributed by atoms with Gasteiger partial charge >= 0.3 is 5.97 Å². The Morgan fingerprint density at radius 3 is 2.43 bits per heavy atom. The van der Waals surface area contributed by atoms with Gasteiger partial charge in [-0.05, 0) is 12.8 Å². The Hall–Kier alpha value is -1.05. The van der Waals surface area contributed by atoms with Crippen molar-refractivity contribution in [2.45, 2.75) is 39.0 Å². The molecule has 80 valence electrons. The number of unbranched alkanes of at least 4 members (excludes halogenated alkanes) is 2. The SMILES string of the molecule is CCCC/C=C/C=C/CCC(=O)OC. The highest BCUT2D eigenvalue weighted by molar-refractivity contribution is 5.69. The van der Waals surface area contributed by atoms with Crippen LogP contribution in [-0.2, 0) is 9.53 Å². The average molecular weight is 196 g/mol. The fourth-order valence-electron chi connectivity index (χ4n) is 0.975. The highest BCUT2D eigenvalue weighted by Gasteiger charge is 1.94. The van der Waals surface area contributed by atoms with Gasteiger partial charge in [-0.1, -0.05) is 44.1 Å². The third kappa shape index (κ3) is 9.04. The van der Waals surface area contributed by atoms with E-state index < -0.39 is 0 Å². The highest BCUT2D eigenvalue weighted by Crippen LogP contribution is 1.96. The second-order valence-electron chi connectivity index (χ2n) is 3.11. The zero-order valence-corrected chi connectivity index (χ0v) is 9.16. The molecule has 0 unspecified atom stereocenters. The van der Waals surface area contributed by atoms with E-state index in [1.54, 1.807) is 0 Å². The molecule has 2 nitrogen and oxygen atoms in total. The largest absolute Gasteiger partial charge is 0.469 e. The molecule has 0 fully saturated rings. The van der Waals surface area contributed by atoms with Crippen molar-refractivity contribution in [3.8, 4) is 0 Å². The van der Waals surface area contributed by atoms with Crippen molar-refractivity contribution < 1.29 is 9.53 Å². The van der Waals surface area contributed by atoms with Crippen LogP contribution in [0.4, 0.5) is 0 Å². The number of rotatable bonds is 7. The standard InChI is InChI=1S/C12H20O2/c1-3-4-5-6-7-8-9-10-11-12(13)14-2/h6-9H,3-5,10-11H2,1-2H3/b7-6+,9-8+. The molecule has 0 rings (SSSR count). The lowest BCUT2D eigenvalue weighted by atomic mass is 10.2. The molecule has 0 aromatic heterocycles. The fraction of sp³-hybridized carbons (Fsp3) is 0.583. The van der Waals surface area contributed by atoms with Gasteiger partial charge in [0.2, 0.25) is 0 Å². The van der Waals surface area contributed by atoms with Crippen LogP contribution in [0.5, 0.6) is 0 Å². The van der Waals surface area contributed by atoms with E-state index in [0.717, 1.165) is 12.8 Å². The smallest absolute Gasteiger partial charge is 0.305 e. The van der Waals surface area contributed by atoms with Crippen molar-refractivity contribution in [3.05, 3.63) is 24.3 Å². The number of ether oxygens (including phenoxy) is 1. The summed E-state index contributed by atoms with van der Waals surface area (Å²) in [5.74, 6) is -0.149. The molecule has 0 spiro atoms. The highest BCUT2D eigenvalue weighted by atomic mass is 16.5. The Labute approximate surface area is 86.6 Å². The van der Waals surface area contributed by atoms with Crippen LogP contribution in [0.1, 0.15) is 39.0 Å². The van der Waals surface area contributed by atoms with E-state index >= 15 is 0 Å². The number of esters is 1. The first kappa shape index (κ1) is 12.9. The molecule has 0 bridgehead atoms. The van der Waals surface area contributed by atoms with E-state index in [1.807, 2.05) is 18.2 Å². The second-order valence-corrected chi connectivity index (χ2v) is 3.11. The molecule has 0 aliphatic rings. The fourth-order valence-corrected chi connectivity index (χ4v) is 0.975. The number of methoxy groups -OCH3 is 1. The van der Waals surface area contributed by atoms with Crippen LogP contribution < -0.4 is 0 Å². The predicted octanol–water partition coefficient (Wildman–Crippen LogP) is 3.24. The van der Waals surface area contributed by atoms with Gasteiger partial charge in [0.15, 0.2) is 0 Å². The van der Waals surface area contributed by atoms with Gasteiger partial charge in [0.1, 0.15) is 0 Å². The molecule has 0 aliphatic heterocycles. The molecule has 2 heteroatoms. The first-order chi connectivity index (χ1) is 6.81. The maximum absolute atomic E-state index is 10.7. The molecule has 0 radical (unpaired) electrons. The third-order valence-electron chi connectivity index (χ3n) is 1.85. The van der Waals surface area contributed by atoms with Crippen LogP contribution in [0.25, 0.3) is 0 Å². The lowest BCUT2D eigenvalue weighted by Gasteiger charge is -1.93. The summed E-state index contributed by atoms with van der Waals surface area (Å²) in [6.45, 7) is 2.18. The Kier molecular flexibility index (Phi) is 9.28. The van der Waals surface area contributed by atoms with E-state index in [2.05, 4.69) is 17.7 Å². The minimum absolute atomic E-state index is 0.149. The molecule has 0 heterocycles. The summed E-state index contributed by atoms with van der Waals surface area (Å²) in [5.41, 5.74) is 0. The second kappa shape index (κ2) is 10.0. The molecule has 0 amide bonds. The number of carbonyl (C=O) groups is 1. The van der Waals surface area contributed by atoms with Gasteiger partial charge in [-0.15, -0.1) is 0 Å². The summed E-state index contributed by atoms with van der Waals surface area (Å²) in [4.78, 5) is 10.7. The van der Waals surface area contributed by atoms with E-state index in [1.165, 1.54) is 20.0 Å². The lowest BCUT2D eigenvalue weighted by molar-refractivity contribution is -0.140. The maximum atomic E-state index is 10.7. The minimum atomic E-state index is -0.149. The normalized spacial score (nSPS) is 11.3. The molecule has 0 aromatic rings. The van der Waals surface area contributed by atoms with Crippen LogP contribution in [0, 0.1) is 0 Å². The number of hydrogen-bond acceptors (Lipinski definition) is 2. The van der Waals surface area contributed by atoms with E-state index in [9.17, 15) is 4.79 Å². The maximum Gasteiger partial charge on any atom is 0.305 e. The third-order valence-corrected chi connectivity index (χ3v) is 1.85. The molecule has 0 N–H and O–H groups in total.